The molecular formula is C20H23N5O2. The molecule has 1 aromatic heterocycles. The Morgan fingerprint density at radius 3 is 2.67 bits per heavy atom. The highest BCUT2D eigenvalue weighted by Gasteiger charge is 2.07. The van der Waals surface area contributed by atoms with Crippen LogP contribution in [0.25, 0.3) is 11.5 Å². The van der Waals surface area contributed by atoms with Crippen LogP contribution >= 0.6 is 0 Å². The van der Waals surface area contributed by atoms with Crippen molar-refractivity contribution in [2.75, 3.05) is 19.0 Å². The standard InChI is InChI=1S/C20H23N5O2/c1-3-18-24-19(27-25-18)15-10-8-14(9-11-15)12-13-22-20(21)23-16-6-4-5-7-17(16)26-2/h4-11H,3,12-13H2,1-2H3,(H3,21,22,23). The molecule has 0 aliphatic carbocycles. The Bertz CT molecular complexity index is 903. The zero-order valence-electron chi connectivity index (χ0n) is 15.5. The monoisotopic (exact) mass is 365 g/mol. The number of aromatic nitrogens is 2. The van der Waals surface area contributed by atoms with Crippen molar-refractivity contribution in [1.29, 1.82) is 0 Å². The lowest BCUT2D eigenvalue weighted by atomic mass is 10.1. The van der Waals surface area contributed by atoms with Gasteiger partial charge in [0, 0.05) is 18.5 Å². The van der Waals surface area contributed by atoms with Crippen molar-refractivity contribution in [2.45, 2.75) is 19.8 Å². The van der Waals surface area contributed by atoms with Gasteiger partial charge in [-0.15, -0.1) is 0 Å². The molecule has 2 aromatic carbocycles. The minimum atomic E-state index is 0.356. The van der Waals surface area contributed by atoms with E-state index in [1.54, 1.807) is 7.11 Å². The van der Waals surface area contributed by atoms with Gasteiger partial charge < -0.3 is 20.3 Å². The Hall–Kier alpha value is -3.35. The van der Waals surface area contributed by atoms with Crippen molar-refractivity contribution in [3.05, 3.63) is 59.9 Å². The summed E-state index contributed by atoms with van der Waals surface area (Å²) >= 11 is 0. The lowest BCUT2D eigenvalue weighted by Gasteiger charge is -2.10. The number of para-hydroxylation sites is 2. The number of rotatable bonds is 7. The summed E-state index contributed by atoms with van der Waals surface area (Å²) in [6, 6.07) is 15.6. The Morgan fingerprint density at radius 1 is 1.19 bits per heavy atom. The van der Waals surface area contributed by atoms with Crippen LogP contribution in [0, 0.1) is 0 Å². The zero-order chi connectivity index (χ0) is 19.1. The average molecular weight is 365 g/mol. The third kappa shape index (κ3) is 4.84. The SMILES string of the molecule is CCc1noc(-c2ccc(CCN=C(N)Nc3ccccc3OC)cc2)n1. The van der Waals surface area contributed by atoms with Crippen LogP contribution in [0.2, 0.25) is 0 Å². The molecule has 0 bridgehead atoms. The number of methoxy groups -OCH3 is 1. The van der Waals surface area contributed by atoms with Gasteiger partial charge in [0.15, 0.2) is 11.8 Å². The van der Waals surface area contributed by atoms with Gasteiger partial charge in [0.25, 0.3) is 5.89 Å². The summed E-state index contributed by atoms with van der Waals surface area (Å²) < 4.78 is 10.5. The molecule has 0 radical (unpaired) electrons. The largest absolute Gasteiger partial charge is 0.495 e. The average Bonchev–Trinajstić information content (AvgIpc) is 3.18. The molecule has 0 saturated carbocycles. The zero-order valence-corrected chi connectivity index (χ0v) is 15.5. The summed E-state index contributed by atoms with van der Waals surface area (Å²) in [7, 11) is 1.62. The molecule has 0 spiro atoms. The van der Waals surface area contributed by atoms with Crippen LogP contribution in [0.4, 0.5) is 5.69 Å². The molecule has 0 aliphatic heterocycles. The summed E-state index contributed by atoms with van der Waals surface area (Å²) in [4.78, 5) is 8.71. The smallest absolute Gasteiger partial charge is 0.257 e. The van der Waals surface area contributed by atoms with Gasteiger partial charge in [0.1, 0.15) is 5.75 Å². The van der Waals surface area contributed by atoms with E-state index in [0.717, 1.165) is 35.4 Å². The number of aryl methyl sites for hydroxylation is 1. The third-order valence-corrected chi connectivity index (χ3v) is 4.04. The van der Waals surface area contributed by atoms with E-state index in [1.165, 1.54) is 0 Å². The van der Waals surface area contributed by atoms with Crippen LogP contribution < -0.4 is 15.8 Å². The maximum absolute atomic E-state index is 5.96. The predicted molar refractivity (Wildman–Crippen MR) is 106 cm³/mol. The highest BCUT2D eigenvalue weighted by atomic mass is 16.5. The first kappa shape index (κ1) is 18.4. The first-order valence-electron chi connectivity index (χ1n) is 8.81. The van der Waals surface area contributed by atoms with Crippen molar-refractivity contribution in [1.82, 2.24) is 10.1 Å². The lowest BCUT2D eigenvalue weighted by molar-refractivity contribution is 0.417. The van der Waals surface area contributed by atoms with E-state index < -0.39 is 0 Å². The van der Waals surface area contributed by atoms with E-state index in [1.807, 2.05) is 55.5 Å². The summed E-state index contributed by atoms with van der Waals surface area (Å²) in [6.07, 6.45) is 1.53. The van der Waals surface area contributed by atoms with E-state index in [2.05, 4.69) is 20.4 Å². The maximum atomic E-state index is 5.96. The molecule has 3 aromatic rings. The molecule has 0 atom stereocenters. The lowest BCUT2D eigenvalue weighted by Crippen LogP contribution is -2.23. The second kappa shape index (κ2) is 8.84. The van der Waals surface area contributed by atoms with E-state index in [4.69, 9.17) is 15.0 Å². The normalized spacial score (nSPS) is 11.4. The number of benzene rings is 2. The van der Waals surface area contributed by atoms with Gasteiger partial charge in [-0.25, -0.2) is 0 Å². The van der Waals surface area contributed by atoms with Crippen molar-refractivity contribution in [3.8, 4) is 17.2 Å². The molecule has 7 heteroatoms. The van der Waals surface area contributed by atoms with Crippen LogP contribution in [0.15, 0.2) is 58.0 Å². The minimum Gasteiger partial charge on any atom is -0.495 e. The van der Waals surface area contributed by atoms with Crippen molar-refractivity contribution >= 4 is 11.6 Å². The van der Waals surface area contributed by atoms with Crippen LogP contribution in [0.3, 0.4) is 0 Å². The third-order valence-electron chi connectivity index (χ3n) is 4.04. The molecule has 0 saturated heterocycles. The maximum Gasteiger partial charge on any atom is 0.257 e. The number of ether oxygens (including phenoxy) is 1. The number of aliphatic imine (C=N–C) groups is 1. The van der Waals surface area contributed by atoms with Gasteiger partial charge in [0.05, 0.1) is 12.8 Å². The van der Waals surface area contributed by atoms with Crippen LogP contribution in [0.1, 0.15) is 18.3 Å². The fourth-order valence-corrected chi connectivity index (χ4v) is 2.56. The molecule has 140 valence electrons. The molecule has 27 heavy (non-hydrogen) atoms. The van der Waals surface area contributed by atoms with Gasteiger partial charge in [-0.05, 0) is 36.2 Å². The molecule has 0 fully saturated rings. The Morgan fingerprint density at radius 2 is 1.96 bits per heavy atom. The van der Waals surface area contributed by atoms with Crippen molar-refractivity contribution in [3.63, 3.8) is 0 Å². The summed E-state index contributed by atoms with van der Waals surface area (Å²) in [6.45, 7) is 2.57. The molecule has 7 nitrogen and oxygen atoms in total. The van der Waals surface area contributed by atoms with Crippen molar-refractivity contribution in [2.24, 2.45) is 10.7 Å². The summed E-state index contributed by atoms with van der Waals surface area (Å²) in [5, 5.41) is 6.98. The fourth-order valence-electron chi connectivity index (χ4n) is 2.56. The first-order chi connectivity index (χ1) is 13.2. The number of guanidine groups is 1. The number of nitrogens with zero attached hydrogens (tertiary/aromatic N) is 3. The molecule has 3 N–H and O–H groups in total. The second-order valence-electron chi connectivity index (χ2n) is 5.91. The molecule has 0 amide bonds. The van der Waals surface area contributed by atoms with Crippen LogP contribution in [-0.2, 0) is 12.8 Å². The predicted octanol–water partition coefficient (Wildman–Crippen LogP) is 3.28. The quantitative estimate of drug-likeness (QED) is 0.492. The number of anilines is 1. The Balaban J connectivity index is 1.55. The second-order valence-corrected chi connectivity index (χ2v) is 5.91. The first-order valence-corrected chi connectivity index (χ1v) is 8.81. The fraction of sp³-hybridized carbons (Fsp3) is 0.250. The van der Waals surface area contributed by atoms with E-state index in [-0.39, 0.29) is 0 Å². The minimum absolute atomic E-state index is 0.356. The van der Waals surface area contributed by atoms with E-state index in [0.29, 0.717) is 24.2 Å². The highest BCUT2D eigenvalue weighted by molar-refractivity contribution is 5.93. The number of hydrogen-bond donors (Lipinski definition) is 2. The molecule has 3 rings (SSSR count). The van der Waals surface area contributed by atoms with Crippen LogP contribution in [-0.4, -0.2) is 29.8 Å². The van der Waals surface area contributed by atoms with Gasteiger partial charge in [-0.1, -0.05) is 36.3 Å². The Kier molecular flexibility index (Phi) is 6.04. The van der Waals surface area contributed by atoms with E-state index >= 15 is 0 Å². The molecule has 0 aliphatic rings. The van der Waals surface area contributed by atoms with E-state index in [9.17, 15) is 0 Å². The van der Waals surface area contributed by atoms with Gasteiger partial charge in [-0.2, -0.15) is 4.98 Å². The molecular weight excluding hydrogens is 342 g/mol. The number of nitrogens with two attached hydrogens (primary N) is 1. The van der Waals surface area contributed by atoms with Crippen molar-refractivity contribution < 1.29 is 9.26 Å². The topological polar surface area (TPSA) is 98.6 Å². The van der Waals surface area contributed by atoms with Gasteiger partial charge in [-0.3, -0.25) is 4.99 Å². The van der Waals surface area contributed by atoms with Gasteiger partial charge in [0.2, 0.25) is 0 Å². The molecule has 0 unspecified atom stereocenters. The molecule has 1 heterocycles. The number of nitrogens with one attached hydrogen (secondary N) is 1. The van der Waals surface area contributed by atoms with Gasteiger partial charge >= 0.3 is 0 Å². The number of hydrogen-bond acceptors (Lipinski definition) is 5. The summed E-state index contributed by atoms with van der Waals surface area (Å²) in [5.41, 5.74) is 8.82. The summed E-state index contributed by atoms with van der Waals surface area (Å²) in [5.74, 6) is 2.33. The Labute approximate surface area is 158 Å². The highest BCUT2D eigenvalue weighted by Crippen LogP contribution is 2.22. The van der Waals surface area contributed by atoms with Crippen LogP contribution in [0.5, 0.6) is 5.75 Å².